The normalized spacial score (nSPS) is 10.3. The summed E-state index contributed by atoms with van der Waals surface area (Å²) in [4.78, 5) is 14.7. The summed E-state index contributed by atoms with van der Waals surface area (Å²) in [5.41, 5.74) is 0.854. The van der Waals surface area contributed by atoms with Crippen molar-refractivity contribution in [3.8, 4) is 11.4 Å². The second kappa shape index (κ2) is 4.44. The zero-order valence-corrected chi connectivity index (χ0v) is 9.75. The smallest absolute Gasteiger partial charge is 0.325 e. The van der Waals surface area contributed by atoms with Crippen molar-refractivity contribution >= 4 is 21.9 Å². The van der Waals surface area contributed by atoms with Gasteiger partial charge in [-0.2, -0.15) is 0 Å². The molecule has 5 nitrogen and oxygen atoms in total. The Morgan fingerprint density at radius 2 is 2.06 bits per heavy atom. The maximum atomic E-state index is 10.6. The van der Waals surface area contributed by atoms with E-state index in [1.165, 1.54) is 4.68 Å². The lowest BCUT2D eigenvalue weighted by atomic mass is 10.2. The third-order valence-electron chi connectivity index (χ3n) is 1.94. The molecule has 0 unspecified atom stereocenters. The molecular formula is C10H8BrN3O2. The van der Waals surface area contributed by atoms with Crippen molar-refractivity contribution in [2.45, 2.75) is 6.54 Å². The maximum Gasteiger partial charge on any atom is 0.325 e. The fraction of sp³-hybridized carbons (Fsp3) is 0.100. The second-order valence-electron chi connectivity index (χ2n) is 3.12. The van der Waals surface area contributed by atoms with Crippen LogP contribution in [0.1, 0.15) is 0 Å². The first kappa shape index (κ1) is 10.8. The van der Waals surface area contributed by atoms with Crippen LogP contribution in [0.25, 0.3) is 11.4 Å². The molecule has 0 aliphatic heterocycles. The highest BCUT2D eigenvalue weighted by atomic mass is 79.9. The van der Waals surface area contributed by atoms with E-state index in [1.807, 2.05) is 30.3 Å². The molecule has 82 valence electrons. The number of rotatable bonds is 3. The molecule has 1 aromatic heterocycles. The number of halogens is 1. The van der Waals surface area contributed by atoms with Gasteiger partial charge in [0.25, 0.3) is 0 Å². The van der Waals surface area contributed by atoms with Gasteiger partial charge in [0.05, 0.1) is 0 Å². The number of carboxylic acid groups (broad SMARTS) is 1. The van der Waals surface area contributed by atoms with Crippen LogP contribution in [0.3, 0.4) is 0 Å². The minimum atomic E-state index is -0.954. The van der Waals surface area contributed by atoms with E-state index in [0.29, 0.717) is 10.6 Å². The van der Waals surface area contributed by atoms with Crippen molar-refractivity contribution in [1.29, 1.82) is 0 Å². The molecule has 6 heteroatoms. The van der Waals surface area contributed by atoms with Crippen LogP contribution in [0.5, 0.6) is 0 Å². The molecule has 0 bridgehead atoms. The maximum absolute atomic E-state index is 10.6. The number of aromatic nitrogens is 3. The fourth-order valence-corrected chi connectivity index (χ4v) is 1.63. The van der Waals surface area contributed by atoms with Crippen LogP contribution in [-0.2, 0) is 11.3 Å². The Morgan fingerprint density at radius 1 is 1.38 bits per heavy atom. The van der Waals surface area contributed by atoms with Gasteiger partial charge in [-0.05, 0) is 15.9 Å². The molecule has 1 heterocycles. The van der Waals surface area contributed by atoms with Crippen molar-refractivity contribution in [1.82, 2.24) is 14.8 Å². The third-order valence-corrected chi connectivity index (χ3v) is 2.53. The zero-order chi connectivity index (χ0) is 11.5. The van der Waals surface area contributed by atoms with Gasteiger partial charge in [-0.1, -0.05) is 30.3 Å². The van der Waals surface area contributed by atoms with E-state index in [1.54, 1.807) is 0 Å². The summed E-state index contributed by atoms with van der Waals surface area (Å²) in [6, 6.07) is 9.38. The van der Waals surface area contributed by atoms with Gasteiger partial charge in [0.1, 0.15) is 6.54 Å². The van der Waals surface area contributed by atoms with Crippen molar-refractivity contribution < 1.29 is 9.90 Å². The van der Waals surface area contributed by atoms with E-state index in [0.717, 1.165) is 5.56 Å². The molecular weight excluding hydrogens is 274 g/mol. The second-order valence-corrected chi connectivity index (χ2v) is 3.83. The minimum Gasteiger partial charge on any atom is -0.480 e. The Morgan fingerprint density at radius 3 is 2.69 bits per heavy atom. The lowest BCUT2D eigenvalue weighted by Gasteiger charge is -1.95. The summed E-state index contributed by atoms with van der Waals surface area (Å²) in [6.07, 6.45) is 0. The first-order valence-electron chi connectivity index (χ1n) is 4.54. The average Bonchev–Trinajstić information content (AvgIpc) is 2.61. The number of benzene rings is 1. The molecule has 0 aliphatic rings. The molecule has 1 aromatic carbocycles. The molecule has 16 heavy (non-hydrogen) atoms. The van der Waals surface area contributed by atoms with E-state index < -0.39 is 5.97 Å². The number of nitrogens with zero attached hydrogens (tertiary/aromatic N) is 3. The van der Waals surface area contributed by atoms with Gasteiger partial charge < -0.3 is 5.11 Å². The minimum absolute atomic E-state index is 0.208. The first-order chi connectivity index (χ1) is 7.66. The predicted molar refractivity (Wildman–Crippen MR) is 60.8 cm³/mol. The summed E-state index contributed by atoms with van der Waals surface area (Å²) >= 11 is 3.17. The Labute approximate surface area is 99.9 Å². The highest BCUT2D eigenvalue weighted by Gasteiger charge is 2.11. The third kappa shape index (κ3) is 2.27. The summed E-state index contributed by atoms with van der Waals surface area (Å²) < 4.78 is 1.71. The highest BCUT2D eigenvalue weighted by molar-refractivity contribution is 9.10. The van der Waals surface area contributed by atoms with Crippen LogP contribution in [0, 0.1) is 0 Å². The van der Waals surface area contributed by atoms with Crippen molar-refractivity contribution in [3.05, 3.63) is 35.1 Å². The van der Waals surface area contributed by atoms with Gasteiger partial charge in [0.2, 0.25) is 0 Å². The van der Waals surface area contributed by atoms with E-state index in [2.05, 4.69) is 26.0 Å². The summed E-state index contributed by atoms with van der Waals surface area (Å²) in [5.74, 6) is -0.445. The number of hydrogen-bond acceptors (Lipinski definition) is 3. The van der Waals surface area contributed by atoms with Gasteiger partial charge in [-0.25, -0.2) is 9.67 Å². The summed E-state index contributed by atoms with van der Waals surface area (Å²) in [6.45, 7) is -0.208. The molecule has 2 rings (SSSR count). The Balaban J connectivity index is 2.34. The standard InChI is InChI=1S/C10H8BrN3O2/c11-10-12-9(7-4-2-1-3-5-7)13-14(10)6-8(15)16/h1-5H,6H2,(H,15,16). The fourth-order valence-electron chi connectivity index (χ4n) is 1.26. The van der Waals surface area contributed by atoms with Crippen LogP contribution < -0.4 is 0 Å². The molecule has 0 spiro atoms. The molecule has 0 aliphatic carbocycles. The van der Waals surface area contributed by atoms with Gasteiger partial charge in [0.15, 0.2) is 10.6 Å². The Bertz CT molecular complexity index is 510. The molecule has 0 fully saturated rings. The molecule has 0 saturated carbocycles. The van der Waals surface area contributed by atoms with Crippen molar-refractivity contribution in [2.24, 2.45) is 0 Å². The van der Waals surface area contributed by atoms with Gasteiger partial charge in [0, 0.05) is 5.56 Å². The Hall–Kier alpha value is -1.69. The van der Waals surface area contributed by atoms with Crippen molar-refractivity contribution in [2.75, 3.05) is 0 Å². The number of carboxylic acids is 1. The van der Waals surface area contributed by atoms with E-state index >= 15 is 0 Å². The molecule has 0 radical (unpaired) electrons. The molecule has 0 amide bonds. The molecule has 1 N–H and O–H groups in total. The van der Waals surface area contributed by atoms with E-state index in [-0.39, 0.29) is 6.54 Å². The first-order valence-corrected chi connectivity index (χ1v) is 5.33. The molecule has 2 aromatic rings. The topological polar surface area (TPSA) is 68.0 Å². The quantitative estimate of drug-likeness (QED) is 0.932. The van der Waals surface area contributed by atoms with Crippen LogP contribution in [-0.4, -0.2) is 25.8 Å². The van der Waals surface area contributed by atoms with Crippen LogP contribution in [0.4, 0.5) is 0 Å². The average molecular weight is 282 g/mol. The largest absolute Gasteiger partial charge is 0.480 e. The molecule has 0 atom stereocenters. The number of aliphatic carboxylic acids is 1. The highest BCUT2D eigenvalue weighted by Crippen LogP contribution is 2.17. The number of hydrogen-bond donors (Lipinski definition) is 1. The van der Waals surface area contributed by atoms with Crippen LogP contribution in [0.15, 0.2) is 35.1 Å². The Kier molecular flexibility index (Phi) is 3.00. The number of carbonyl (C=O) groups is 1. The zero-order valence-electron chi connectivity index (χ0n) is 8.17. The van der Waals surface area contributed by atoms with Gasteiger partial charge >= 0.3 is 5.97 Å². The van der Waals surface area contributed by atoms with Gasteiger partial charge in [-0.15, -0.1) is 5.10 Å². The van der Waals surface area contributed by atoms with Crippen LogP contribution >= 0.6 is 15.9 Å². The van der Waals surface area contributed by atoms with Crippen molar-refractivity contribution in [3.63, 3.8) is 0 Å². The summed E-state index contributed by atoms with van der Waals surface area (Å²) in [5, 5.41) is 12.8. The summed E-state index contributed by atoms with van der Waals surface area (Å²) in [7, 11) is 0. The molecule has 0 saturated heterocycles. The van der Waals surface area contributed by atoms with Crippen LogP contribution in [0.2, 0.25) is 0 Å². The predicted octanol–water partition coefficient (Wildman–Crippen LogP) is 1.79. The lowest BCUT2D eigenvalue weighted by molar-refractivity contribution is -0.137. The van der Waals surface area contributed by atoms with E-state index in [9.17, 15) is 4.79 Å². The van der Waals surface area contributed by atoms with Gasteiger partial charge in [-0.3, -0.25) is 4.79 Å². The monoisotopic (exact) mass is 281 g/mol. The van der Waals surface area contributed by atoms with E-state index in [4.69, 9.17) is 5.11 Å². The SMILES string of the molecule is O=C(O)Cn1nc(-c2ccccc2)nc1Br. The lowest BCUT2D eigenvalue weighted by Crippen LogP contribution is -2.10.